The topological polar surface area (TPSA) is 80.5 Å². The standard InChI is InChI=1S/C12H15F3N2O3S/c1-7-4-8(2)10(21(16,19)20)5-9(7)11(18)17(3)6-12(13,14)15/h4-5H,6H2,1-3H3,(H2,16,19,20). The number of carbonyl (C=O) groups excluding carboxylic acids is 1. The number of primary sulfonamides is 1. The van der Waals surface area contributed by atoms with Crippen LogP contribution in [0.5, 0.6) is 0 Å². The highest BCUT2D eigenvalue weighted by molar-refractivity contribution is 7.89. The summed E-state index contributed by atoms with van der Waals surface area (Å²) in [6.45, 7) is 1.57. The number of nitrogens with two attached hydrogens (primary N) is 1. The summed E-state index contributed by atoms with van der Waals surface area (Å²) in [5.41, 5.74) is 0.570. The highest BCUT2D eigenvalue weighted by Crippen LogP contribution is 2.22. The highest BCUT2D eigenvalue weighted by Gasteiger charge is 2.32. The molecule has 2 N–H and O–H groups in total. The number of amides is 1. The molecule has 1 rings (SSSR count). The van der Waals surface area contributed by atoms with Crippen molar-refractivity contribution in [1.29, 1.82) is 0 Å². The molecule has 21 heavy (non-hydrogen) atoms. The molecule has 0 heterocycles. The van der Waals surface area contributed by atoms with Gasteiger partial charge in [0.25, 0.3) is 5.91 Å². The van der Waals surface area contributed by atoms with Crippen LogP contribution in [0, 0.1) is 13.8 Å². The van der Waals surface area contributed by atoms with E-state index in [1.54, 1.807) is 0 Å². The van der Waals surface area contributed by atoms with E-state index in [1.165, 1.54) is 19.9 Å². The van der Waals surface area contributed by atoms with Crippen LogP contribution in [-0.2, 0) is 10.0 Å². The second kappa shape index (κ2) is 5.64. The predicted octanol–water partition coefficient (Wildman–Crippen LogP) is 1.59. The summed E-state index contributed by atoms with van der Waals surface area (Å²) >= 11 is 0. The zero-order valence-corrected chi connectivity index (χ0v) is 12.5. The molecule has 0 radical (unpaired) electrons. The summed E-state index contributed by atoms with van der Waals surface area (Å²) in [5.74, 6) is -0.922. The van der Waals surface area contributed by atoms with Gasteiger partial charge in [-0.25, -0.2) is 13.6 Å². The minimum absolute atomic E-state index is 0.128. The van der Waals surface area contributed by atoms with Gasteiger partial charge in [0.1, 0.15) is 6.54 Å². The van der Waals surface area contributed by atoms with Gasteiger partial charge in [-0.1, -0.05) is 6.07 Å². The van der Waals surface area contributed by atoms with Crippen LogP contribution in [0.3, 0.4) is 0 Å². The van der Waals surface area contributed by atoms with Gasteiger partial charge in [0.15, 0.2) is 0 Å². The molecule has 0 aliphatic rings. The number of hydrogen-bond acceptors (Lipinski definition) is 3. The Hall–Kier alpha value is -1.61. The van der Waals surface area contributed by atoms with Crippen molar-refractivity contribution in [3.05, 3.63) is 28.8 Å². The van der Waals surface area contributed by atoms with Gasteiger partial charge in [-0.05, 0) is 31.0 Å². The van der Waals surface area contributed by atoms with Gasteiger partial charge >= 0.3 is 6.18 Å². The molecule has 5 nitrogen and oxygen atoms in total. The van der Waals surface area contributed by atoms with E-state index in [0.29, 0.717) is 16.0 Å². The second-order valence-corrected chi connectivity index (χ2v) is 6.28. The highest BCUT2D eigenvalue weighted by atomic mass is 32.2. The van der Waals surface area contributed by atoms with Crippen LogP contribution in [0.4, 0.5) is 13.2 Å². The van der Waals surface area contributed by atoms with Crippen LogP contribution in [0.1, 0.15) is 21.5 Å². The van der Waals surface area contributed by atoms with Crippen LogP contribution < -0.4 is 5.14 Å². The average Bonchev–Trinajstić information content (AvgIpc) is 2.23. The van der Waals surface area contributed by atoms with Crippen LogP contribution in [0.2, 0.25) is 0 Å². The van der Waals surface area contributed by atoms with E-state index in [9.17, 15) is 26.4 Å². The van der Waals surface area contributed by atoms with Crippen molar-refractivity contribution in [3.63, 3.8) is 0 Å². The summed E-state index contributed by atoms with van der Waals surface area (Å²) in [7, 11) is -3.07. The number of aryl methyl sites for hydroxylation is 2. The van der Waals surface area contributed by atoms with Gasteiger partial charge in [-0.2, -0.15) is 13.2 Å². The molecule has 0 aliphatic heterocycles. The molecule has 1 amide bonds. The molecule has 0 saturated carbocycles. The van der Waals surface area contributed by atoms with Crippen molar-refractivity contribution in [1.82, 2.24) is 4.90 Å². The number of sulfonamides is 1. The molecule has 9 heteroatoms. The normalized spacial score (nSPS) is 12.3. The van der Waals surface area contributed by atoms with Gasteiger partial charge in [0.05, 0.1) is 4.90 Å². The monoisotopic (exact) mass is 324 g/mol. The first kappa shape index (κ1) is 17.4. The van der Waals surface area contributed by atoms with Crippen molar-refractivity contribution in [2.24, 2.45) is 5.14 Å². The fourth-order valence-electron chi connectivity index (χ4n) is 1.92. The first-order chi connectivity index (χ1) is 9.33. The van der Waals surface area contributed by atoms with Crippen molar-refractivity contribution >= 4 is 15.9 Å². The largest absolute Gasteiger partial charge is 0.406 e. The summed E-state index contributed by atoms with van der Waals surface area (Å²) in [6.07, 6.45) is -4.54. The maximum Gasteiger partial charge on any atom is 0.406 e. The van der Waals surface area contributed by atoms with E-state index < -0.39 is 28.7 Å². The third-order valence-corrected chi connectivity index (χ3v) is 3.87. The van der Waals surface area contributed by atoms with Crippen LogP contribution in [0.15, 0.2) is 17.0 Å². The number of alkyl halides is 3. The summed E-state index contributed by atoms with van der Waals surface area (Å²) in [6, 6.07) is 2.41. The molecular formula is C12H15F3N2O3S. The lowest BCUT2D eigenvalue weighted by Gasteiger charge is -2.20. The molecule has 0 spiro atoms. The van der Waals surface area contributed by atoms with E-state index in [-0.39, 0.29) is 10.5 Å². The minimum atomic E-state index is -4.54. The number of rotatable bonds is 3. The third kappa shape index (κ3) is 4.43. The maximum absolute atomic E-state index is 12.3. The number of hydrogen-bond donors (Lipinski definition) is 1. The molecule has 0 aromatic heterocycles. The van der Waals surface area contributed by atoms with Gasteiger partial charge < -0.3 is 4.90 Å². The lowest BCUT2D eigenvalue weighted by atomic mass is 10.0. The van der Waals surface area contributed by atoms with Crippen LogP contribution >= 0.6 is 0 Å². The van der Waals surface area contributed by atoms with Gasteiger partial charge in [0.2, 0.25) is 10.0 Å². The molecule has 1 aromatic rings. The molecule has 1 aromatic carbocycles. The predicted molar refractivity (Wildman–Crippen MR) is 70.3 cm³/mol. The Morgan fingerprint density at radius 3 is 2.19 bits per heavy atom. The molecule has 0 aliphatic carbocycles. The Bertz CT molecular complexity index is 669. The van der Waals surface area contributed by atoms with Crippen molar-refractivity contribution in [3.8, 4) is 0 Å². The molecular weight excluding hydrogens is 309 g/mol. The lowest BCUT2D eigenvalue weighted by Crippen LogP contribution is -2.36. The first-order valence-electron chi connectivity index (χ1n) is 5.79. The lowest BCUT2D eigenvalue weighted by molar-refractivity contribution is -0.138. The average molecular weight is 324 g/mol. The number of nitrogens with zero attached hydrogens (tertiary/aromatic N) is 1. The fraction of sp³-hybridized carbons (Fsp3) is 0.417. The number of benzene rings is 1. The smallest absolute Gasteiger partial charge is 0.333 e. The van der Waals surface area contributed by atoms with E-state index in [1.807, 2.05) is 0 Å². The maximum atomic E-state index is 12.3. The van der Waals surface area contributed by atoms with Crippen LogP contribution in [0.25, 0.3) is 0 Å². The molecule has 0 saturated heterocycles. The second-order valence-electron chi connectivity index (χ2n) is 4.75. The molecule has 0 fully saturated rings. The third-order valence-electron chi connectivity index (χ3n) is 2.82. The summed E-state index contributed by atoms with van der Waals surface area (Å²) in [4.78, 5) is 12.2. The fourth-order valence-corrected chi connectivity index (χ4v) is 2.71. The minimum Gasteiger partial charge on any atom is -0.333 e. The Labute approximate surface area is 120 Å². The summed E-state index contributed by atoms with van der Waals surface area (Å²) < 4.78 is 59.7. The Balaban J connectivity index is 3.28. The van der Waals surface area contributed by atoms with Gasteiger partial charge in [-0.15, -0.1) is 0 Å². The molecule has 118 valence electrons. The first-order valence-corrected chi connectivity index (χ1v) is 7.34. The Morgan fingerprint density at radius 1 is 1.24 bits per heavy atom. The number of carbonyl (C=O) groups is 1. The Morgan fingerprint density at radius 2 is 1.76 bits per heavy atom. The zero-order chi connectivity index (χ0) is 16.6. The van der Waals surface area contributed by atoms with E-state index in [4.69, 9.17) is 5.14 Å². The van der Waals surface area contributed by atoms with Crippen molar-refractivity contribution < 1.29 is 26.4 Å². The SMILES string of the molecule is Cc1cc(C)c(S(N)(=O)=O)cc1C(=O)N(C)CC(F)(F)F. The summed E-state index contributed by atoms with van der Waals surface area (Å²) in [5, 5.41) is 5.02. The van der Waals surface area contributed by atoms with E-state index >= 15 is 0 Å². The zero-order valence-electron chi connectivity index (χ0n) is 11.7. The van der Waals surface area contributed by atoms with Crippen molar-refractivity contribution in [2.45, 2.75) is 24.9 Å². The van der Waals surface area contributed by atoms with Gasteiger partial charge in [-0.3, -0.25) is 4.79 Å². The van der Waals surface area contributed by atoms with E-state index in [0.717, 1.165) is 13.1 Å². The number of halogens is 3. The molecule has 0 atom stereocenters. The molecule has 0 bridgehead atoms. The van der Waals surface area contributed by atoms with Crippen LogP contribution in [-0.4, -0.2) is 39.0 Å². The quantitative estimate of drug-likeness (QED) is 0.917. The van der Waals surface area contributed by atoms with Gasteiger partial charge in [0, 0.05) is 12.6 Å². The van der Waals surface area contributed by atoms with Crippen molar-refractivity contribution in [2.75, 3.05) is 13.6 Å². The Kier molecular flexibility index (Phi) is 4.69. The van der Waals surface area contributed by atoms with E-state index in [2.05, 4.69) is 0 Å². The molecule has 0 unspecified atom stereocenters.